The van der Waals surface area contributed by atoms with E-state index < -0.39 is 6.04 Å². The van der Waals surface area contributed by atoms with Crippen LogP contribution in [0.25, 0.3) is 10.9 Å². The summed E-state index contributed by atoms with van der Waals surface area (Å²) >= 11 is 6.90. The number of nitrogens with zero attached hydrogens (tertiary/aromatic N) is 1. The van der Waals surface area contributed by atoms with Crippen LogP contribution in [0.1, 0.15) is 22.9 Å². The van der Waals surface area contributed by atoms with Crippen molar-refractivity contribution in [2.45, 2.75) is 18.5 Å². The second-order valence-electron chi connectivity index (χ2n) is 6.00. The smallest absolute Gasteiger partial charge is 0.323 e. The third kappa shape index (κ3) is 3.01. The highest BCUT2D eigenvalue weighted by molar-refractivity contribution is 9.10. The van der Waals surface area contributed by atoms with Gasteiger partial charge in [-0.05, 0) is 51.3 Å². The third-order valence-corrected chi connectivity index (χ3v) is 5.50. The van der Waals surface area contributed by atoms with Crippen molar-refractivity contribution in [1.29, 1.82) is 0 Å². The number of nitrogens with one attached hydrogen (secondary N) is 2. The summed E-state index contributed by atoms with van der Waals surface area (Å²) in [6, 6.07) is 9.48. The van der Waals surface area contributed by atoms with E-state index in [0.29, 0.717) is 6.42 Å². The molecular formula is C18H15Br2N3O2. The van der Waals surface area contributed by atoms with E-state index in [1.165, 1.54) is 7.11 Å². The molecule has 0 saturated heterocycles. The number of hydrogen-bond acceptors (Lipinski definition) is 4. The van der Waals surface area contributed by atoms with Gasteiger partial charge in [0.15, 0.2) is 0 Å². The van der Waals surface area contributed by atoms with Crippen LogP contribution in [-0.2, 0) is 16.0 Å². The van der Waals surface area contributed by atoms with E-state index in [1.807, 2.05) is 30.5 Å². The molecule has 3 heterocycles. The number of benzene rings is 1. The molecule has 2 unspecified atom stereocenters. The predicted octanol–water partition coefficient (Wildman–Crippen LogP) is 3.86. The highest BCUT2D eigenvalue weighted by atomic mass is 79.9. The molecule has 0 spiro atoms. The van der Waals surface area contributed by atoms with Crippen LogP contribution in [0.3, 0.4) is 0 Å². The van der Waals surface area contributed by atoms with Crippen molar-refractivity contribution in [3.8, 4) is 0 Å². The summed E-state index contributed by atoms with van der Waals surface area (Å²) in [4.78, 5) is 20.0. The number of methoxy groups -OCH3 is 1. The number of hydrogen-bond donors (Lipinski definition) is 2. The number of fused-ring (bicyclic) bond motifs is 3. The Labute approximate surface area is 161 Å². The van der Waals surface area contributed by atoms with Crippen LogP contribution in [0, 0.1) is 0 Å². The van der Waals surface area contributed by atoms with Gasteiger partial charge in [0.2, 0.25) is 0 Å². The zero-order chi connectivity index (χ0) is 17.6. The van der Waals surface area contributed by atoms with E-state index in [4.69, 9.17) is 4.74 Å². The molecule has 2 N–H and O–H groups in total. The van der Waals surface area contributed by atoms with Crippen LogP contribution in [0.2, 0.25) is 0 Å². The predicted molar refractivity (Wildman–Crippen MR) is 102 cm³/mol. The molecule has 128 valence electrons. The summed E-state index contributed by atoms with van der Waals surface area (Å²) in [6.07, 6.45) is 2.39. The molecule has 0 aliphatic carbocycles. The largest absolute Gasteiger partial charge is 0.468 e. The SMILES string of the molecule is COC(=O)C1Cc2c([nH]c3ccc(Br)cc23)C(c2ccc(Br)nc2)N1. The molecule has 4 rings (SSSR count). The third-order valence-electron chi connectivity index (χ3n) is 4.54. The molecule has 0 bridgehead atoms. The second-order valence-corrected chi connectivity index (χ2v) is 7.73. The molecule has 0 radical (unpaired) electrons. The van der Waals surface area contributed by atoms with E-state index in [1.54, 1.807) is 0 Å². The Balaban J connectivity index is 1.88. The van der Waals surface area contributed by atoms with Gasteiger partial charge in [0, 0.05) is 33.7 Å². The first-order valence-corrected chi connectivity index (χ1v) is 9.40. The molecule has 0 fully saturated rings. The van der Waals surface area contributed by atoms with Gasteiger partial charge in [0.05, 0.1) is 13.2 Å². The van der Waals surface area contributed by atoms with Gasteiger partial charge in [-0.25, -0.2) is 4.98 Å². The van der Waals surface area contributed by atoms with Gasteiger partial charge in [-0.2, -0.15) is 0 Å². The fourth-order valence-corrected chi connectivity index (χ4v) is 3.96. The molecule has 3 aromatic rings. The van der Waals surface area contributed by atoms with Crippen LogP contribution in [-0.4, -0.2) is 29.1 Å². The number of halogens is 2. The lowest BCUT2D eigenvalue weighted by Gasteiger charge is -2.30. The van der Waals surface area contributed by atoms with Crippen molar-refractivity contribution < 1.29 is 9.53 Å². The highest BCUT2D eigenvalue weighted by Gasteiger charge is 2.34. The summed E-state index contributed by atoms with van der Waals surface area (Å²) in [5.74, 6) is -0.259. The molecular weight excluding hydrogens is 450 g/mol. The van der Waals surface area contributed by atoms with Gasteiger partial charge >= 0.3 is 5.97 Å². The maximum atomic E-state index is 12.2. The van der Waals surface area contributed by atoms with E-state index in [0.717, 1.165) is 36.8 Å². The number of rotatable bonds is 2. The van der Waals surface area contributed by atoms with Crippen LogP contribution >= 0.6 is 31.9 Å². The van der Waals surface area contributed by atoms with Crippen molar-refractivity contribution >= 4 is 48.7 Å². The van der Waals surface area contributed by atoms with E-state index in [9.17, 15) is 4.79 Å². The monoisotopic (exact) mass is 463 g/mol. The van der Waals surface area contributed by atoms with Crippen molar-refractivity contribution in [2.24, 2.45) is 0 Å². The number of aromatic amines is 1. The standard InChI is InChI=1S/C18H15Br2N3O2/c1-25-18(24)14-7-12-11-6-10(19)3-4-13(11)22-17(12)16(23-14)9-2-5-15(20)21-8-9/h2-6,8,14,16,22-23H,7H2,1H3. The topological polar surface area (TPSA) is 67.0 Å². The molecule has 7 heteroatoms. The highest BCUT2D eigenvalue weighted by Crippen LogP contribution is 2.36. The summed E-state index contributed by atoms with van der Waals surface area (Å²) in [6.45, 7) is 0. The Morgan fingerprint density at radius 2 is 2.12 bits per heavy atom. The molecule has 1 aromatic carbocycles. The average molecular weight is 465 g/mol. The lowest BCUT2D eigenvalue weighted by molar-refractivity contribution is -0.143. The minimum absolute atomic E-state index is 0.153. The van der Waals surface area contributed by atoms with Crippen LogP contribution < -0.4 is 5.32 Å². The maximum Gasteiger partial charge on any atom is 0.323 e. The first-order valence-electron chi connectivity index (χ1n) is 7.82. The van der Waals surface area contributed by atoms with E-state index in [2.05, 4.69) is 53.2 Å². The van der Waals surface area contributed by atoms with E-state index >= 15 is 0 Å². The molecule has 2 aromatic heterocycles. The van der Waals surface area contributed by atoms with Gasteiger partial charge in [-0.3, -0.25) is 10.1 Å². The molecule has 25 heavy (non-hydrogen) atoms. The lowest BCUT2D eigenvalue weighted by atomic mass is 9.91. The number of pyridine rings is 1. The maximum absolute atomic E-state index is 12.2. The minimum Gasteiger partial charge on any atom is -0.468 e. The lowest BCUT2D eigenvalue weighted by Crippen LogP contribution is -2.45. The van der Waals surface area contributed by atoms with Gasteiger partial charge in [-0.1, -0.05) is 22.0 Å². The quantitative estimate of drug-likeness (QED) is 0.446. The number of H-pyrrole nitrogens is 1. The molecule has 2 atom stereocenters. The summed E-state index contributed by atoms with van der Waals surface area (Å²) < 4.78 is 6.76. The number of carbonyl (C=O) groups excluding carboxylic acids is 1. The average Bonchev–Trinajstić information content (AvgIpc) is 2.99. The Morgan fingerprint density at radius 1 is 1.28 bits per heavy atom. The first kappa shape index (κ1) is 16.8. The minimum atomic E-state index is -0.399. The summed E-state index contributed by atoms with van der Waals surface area (Å²) in [5, 5.41) is 4.52. The summed E-state index contributed by atoms with van der Waals surface area (Å²) in [7, 11) is 1.42. The Kier molecular flexibility index (Phi) is 4.39. The van der Waals surface area contributed by atoms with E-state index in [-0.39, 0.29) is 12.0 Å². The Morgan fingerprint density at radius 3 is 2.84 bits per heavy atom. The van der Waals surface area contributed by atoms with Crippen molar-refractivity contribution in [3.63, 3.8) is 0 Å². The second kappa shape index (κ2) is 6.55. The van der Waals surface area contributed by atoms with Crippen molar-refractivity contribution in [2.75, 3.05) is 7.11 Å². The zero-order valence-electron chi connectivity index (χ0n) is 13.3. The van der Waals surface area contributed by atoms with Gasteiger partial charge in [-0.15, -0.1) is 0 Å². The van der Waals surface area contributed by atoms with Gasteiger partial charge in [0.1, 0.15) is 10.6 Å². The Bertz CT molecular complexity index is 953. The van der Waals surface area contributed by atoms with Crippen molar-refractivity contribution in [1.82, 2.24) is 15.3 Å². The molecule has 0 amide bonds. The summed E-state index contributed by atoms with van der Waals surface area (Å²) in [5.41, 5.74) is 4.25. The zero-order valence-corrected chi connectivity index (χ0v) is 16.5. The van der Waals surface area contributed by atoms with Crippen LogP contribution in [0.4, 0.5) is 0 Å². The Hall–Kier alpha value is -1.70. The number of ether oxygens (including phenoxy) is 1. The van der Waals surface area contributed by atoms with Gasteiger partial charge < -0.3 is 9.72 Å². The fourth-order valence-electron chi connectivity index (χ4n) is 3.37. The molecule has 1 aliphatic heterocycles. The van der Waals surface area contributed by atoms with Gasteiger partial charge in [0.25, 0.3) is 0 Å². The molecule has 1 aliphatic rings. The normalized spacial score (nSPS) is 19.6. The van der Waals surface area contributed by atoms with Crippen LogP contribution in [0.5, 0.6) is 0 Å². The molecule has 5 nitrogen and oxygen atoms in total. The number of esters is 1. The van der Waals surface area contributed by atoms with Crippen LogP contribution in [0.15, 0.2) is 45.6 Å². The number of aromatic nitrogens is 2. The molecule has 0 saturated carbocycles. The van der Waals surface area contributed by atoms with Crippen molar-refractivity contribution in [3.05, 3.63) is 62.4 Å². The fraction of sp³-hybridized carbons (Fsp3) is 0.222. The first-order chi connectivity index (χ1) is 12.1. The number of carbonyl (C=O) groups is 1.